The van der Waals surface area contributed by atoms with Crippen LogP contribution in [0.3, 0.4) is 0 Å². The van der Waals surface area contributed by atoms with E-state index in [1.165, 1.54) is 43.4 Å². The molecule has 0 unspecified atom stereocenters. The zero-order valence-electron chi connectivity index (χ0n) is 10.3. The Kier molecular flexibility index (Phi) is 5.62. The Morgan fingerprint density at radius 1 is 1.33 bits per heavy atom. The van der Waals surface area contributed by atoms with Gasteiger partial charge in [0, 0.05) is 11.0 Å². The largest absolute Gasteiger partial charge is 0.0993 e. The number of unbranched alkanes of at least 4 members (excludes halogenated alkanes) is 1. The van der Waals surface area contributed by atoms with E-state index in [9.17, 15) is 0 Å². The molecule has 0 nitrogen and oxygen atoms in total. The van der Waals surface area contributed by atoms with E-state index in [2.05, 4.69) is 38.1 Å². The molecule has 0 bridgehead atoms. The second kappa shape index (κ2) is 6.24. The Labute approximate surface area is 103 Å². The molecule has 0 aromatic carbocycles. The van der Waals surface area contributed by atoms with Crippen molar-refractivity contribution in [3.05, 3.63) is 12.2 Å². The molecule has 2 heteroatoms. The van der Waals surface area contributed by atoms with E-state index in [4.69, 9.17) is 0 Å². The standard InChI is InChI=1S/C13H24S2/c1-11(13(2,3)4)7-5-6-8-12-9-10-14-15-12/h12H,1,5-10H2,2-4H3/t12-/m1/s1. The van der Waals surface area contributed by atoms with E-state index >= 15 is 0 Å². The van der Waals surface area contributed by atoms with Crippen molar-refractivity contribution in [2.45, 2.75) is 58.1 Å². The molecule has 1 heterocycles. The fourth-order valence-corrected chi connectivity index (χ4v) is 4.68. The molecule has 0 radical (unpaired) electrons. The lowest BCUT2D eigenvalue weighted by Gasteiger charge is -2.21. The molecule has 0 amide bonds. The Hall–Kier alpha value is 0.440. The second-order valence-electron chi connectivity index (χ2n) is 5.43. The molecule has 1 atom stereocenters. The van der Waals surface area contributed by atoms with E-state index in [1.54, 1.807) is 0 Å². The maximum Gasteiger partial charge on any atom is 0.0159 e. The summed E-state index contributed by atoms with van der Waals surface area (Å²) in [6, 6.07) is 0. The van der Waals surface area contributed by atoms with Gasteiger partial charge in [-0.2, -0.15) is 0 Å². The van der Waals surface area contributed by atoms with Crippen LogP contribution in [0.5, 0.6) is 0 Å². The molecular formula is C13H24S2. The van der Waals surface area contributed by atoms with Crippen LogP contribution < -0.4 is 0 Å². The van der Waals surface area contributed by atoms with Gasteiger partial charge < -0.3 is 0 Å². The normalized spacial score (nSPS) is 21.9. The average Bonchev–Trinajstić information content (AvgIpc) is 2.63. The zero-order valence-corrected chi connectivity index (χ0v) is 12.0. The van der Waals surface area contributed by atoms with Gasteiger partial charge in [-0.25, -0.2) is 0 Å². The monoisotopic (exact) mass is 244 g/mol. The van der Waals surface area contributed by atoms with Crippen LogP contribution in [0, 0.1) is 5.41 Å². The first-order valence-corrected chi connectivity index (χ1v) is 8.35. The third-order valence-electron chi connectivity index (χ3n) is 3.04. The van der Waals surface area contributed by atoms with Gasteiger partial charge in [0.1, 0.15) is 0 Å². The van der Waals surface area contributed by atoms with Crippen LogP contribution in [-0.2, 0) is 0 Å². The van der Waals surface area contributed by atoms with Crippen molar-refractivity contribution in [3.63, 3.8) is 0 Å². The van der Waals surface area contributed by atoms with Gasteiger partial charge in [0.25, 0.3) is 0 Å². The van der Waals surface area contributed by atoms with Crippen LogP contribution >= 0.6 is 21.6 Å². The van der Waals surface area contributed by atoms with Gasteiger partial charge in [0.2, 0.25) is 0 Å². The maximum atomic E-state index is 4.19. The summed E-state index contributed by atoms with van der Waals surface area (Å²) in [5, 5.41) is 0.943. The van der Waals surface area contributed by atoms with Gasteiger partial charge in [-0.05, 0) is 31.1 Å². The molecule has 88 valence electrons. The highest BCUT2D eigenvalue weighted by Crippen LogP contribution is 2.40. The van der Waals surface area contributed by atoms with Crippen molar-refractivity contribution in [1.82, 2.24) is 0 Å². The fraction of sp³-hybridized carbons (Fsp3) is 0.846. The molecule has 0 N–H and O–H groups in total. The van der Waals surface area contributed by atoms with Gasteiger partial charge >= 0.3 is 0 Å². The van der Waals surface area contributed by atoms with Crippen LogP contribution in [0.15, 0.2) is 12.2 Å². The molecule has 0 spiro atoms. The molecule has 0 aromatic rings. The van der Waals surface area contributed by atoms with Crippen molar-refractivity contribution < 1.29 is 0 Å². The quantitative estimate of drug-likeness (QED) is 0.365. The summed E-state index contributed by atoms with van der Waals surface area (Å²) < 4.78 is 0. The van der Waals surface area contributed by atoms with Crippen molar-refractivity contribution in [1.29, 1.82) is 0 Å². The highest BCUT2D eigenvalue weighted by atomic mass is 33.1. The number of hydrogen-bond donors (Lipinski definition) is 0. The minimum atomic E-state index is 0.304. The van der Waals surface area contributed by atoms with Crippen LogP contribution in [0.4, 0.5) is 0 Å². The Morgan fingerprint density at radius 3 is 2.60 bits per heavy atom. The van der Waals surface area contributed by atoms with E-state index < -0.39 is 0 Å². The minimum absolute atomic E-state index is 0.304. The van der Waals surface area contributed by atoms with E-state index in [0.717, 1.165) is 5.25 Å². The summed E-state index contributed by atoms with van der Waals surface area (Å²) in [6.07, 6.45) is 6.77. The SMILES string of the molecule is C=C(CCCC[C@@H]1CCSS1)C(C)(C)C. The first-order chi connectivity index (χ1) is 7.00. The fourth-order valence-electron chi connectivity index (χ4n) is 1.65. The molecule has 15 heavy (non-hydrogen) atoms. The molecule has 1 aliphatic rings. The molecule has 1 rings (SSSR count). The predicted molar refractivity (Wildman–Crippen MR) is 75.5 cm³/mol. The summed E-state index contributed by atoms with van der Waals surface area (Å²) in [4.78, 5) is 0. The Balaban J connectivity index is 2.03. The summed E-state index contributed by atoms with van der Waals surface area (Å²) in [5.41, 5.74) is 1.72. The average molecular weight is 244 g/mol. The highest BCUT2D eigenvalue weighted by Gasteiger charge is 2.17. The van der Waals surface area contributed by atoms with Crippen LogP contribution in [0.1, 0.15) is 52.9 Å². The maximum absolute atomic E-state index is 4.19. The van der Waals surface area contributed by atoms with Crippen LogP contribution in [-0.4, -0.2) is 11.0 Å². The predicted octanol–water partition coefficient (Wildman–Crippen LogP) is 5.30. The van der Waals surface area contributed by atoms with E-state index in [-0.39, 0.29) is 0 Å². The number of allylic oxidation sites excluding steroid dienone is 1. The molecule has 0 aliphatic carbocycles. The second-order valence-corrected chi connectivity index (χ2v) is 8.22. The molecule has 0 aromatic heterocycles. The molecule has 1 saturated heterocycles. The van der Waals surface area contributed by atoms with Crippen LogP contribution in [0.2, 0.25) is 0 Å². The lowest BCUT2D eigenvalue weighted by atomic mass is 9.84. The Bertz CT molecular complexity index is 197. The molecule has 1 aliphatic heterocycles. The molecular weight excluding hydrogens is 220 g/mol. The highest BCUT2D eigenvalue weighted by molar-refractivity contribution is 8.77. The minimum Gasteiger partial charge on any atom is -0.0993 e. The summed E-state index contributed by atoms with van der Waals surface area (Å²) in [7, 11) is 4.15. The molecule has 1 fully saturated rings. The summed E-state index contributed by atoms with van der Waals surface area (Å²) in [6.45, 7) is 11.0. The first kappa shape index (κ1) is 13.5. The first-order valence-electron chi connectivity index (χ1n) is 5.96. The van der Waals surface area contributed by atoms with Crippen LogP contribution in [0.25, 0.3) is 0 Å². The lowest BCUT2D eigenvalue weighted by Crippen LogP contribution is -2.08. The molecule has 0 saturated carbocycles. The summed E-state index contributed by atoms with van der Waals surface area (Å²) in [5.74, 6) is 1.37. The van der Waals surface area contributed by atoms with Crippen molar-refractivity contribution >= 4 is 21.6 Å². The van der Waals surface area contributed by atoms with Crippen molar-refractivity contribution in [2.24, 2.45) is 5.41 Å². The lowest BCUT2D eigenvalue weighted by molar-refractivity contribution is 0.473. The third kappa shape index (κ3) is 5.35. The van der Waals surface area contributed by atoms with Crippen molar-refractivity contribution in [2.75, 3.05) is 5.75 Å². The Morgan fingerprint density at radius 2 is 2.07 bits per heavy atom. The van der Waals surface area contributed by atoms with E-state index in [0.29, 0.717) is 5.41 Å². The van der Waals surface area contributed by atoms with Gasteiger partial charge in [-0.15, -0.1) is 0 Å². The van der Waals surface area contributed by atoms with Gasteiger partial charge in [-0.3, -0.25) is 0 Å². The number of hydrogen-bond acceptors (Lipinski definition) is 2. The van der Waals surface area contributed by atoms with Gasteiger partial charge in [0.15, 0.2) is 0 Å². The summed E-state index contributed by atoms with van der Waals surface area (Å²) >= 11 is 0. The van der Waals surface area contributed by atoms with E-state index in [1.807, 2.05) is 10.8 Å². The van der Waals surface area contributed by atoms with Crippen molar-refractivity contribution in [3.8, 4) is 0 Å². The van der Waals surface area contributed by atoms with Gasteiger partial charge in [0.05, 0.1) is 0 Å². The smallest absolute Gasteiger partial charge is 0.0159 e. The topological polar surface area (TPSA) is 0 Å². The van der Waals surface area contributed by atoms with Gasteiger partial charge in [-0.1, -0.05) is 60.9 Å². The zero-order chi connectivity index (χ0) is 11.3. The third-order valence-corrected chi connectivity index (χ3v) is 6.05. The number of rotatable bonds is 5.